The molecule has 2 rings (SSSR count). The lowest BCUT2D eigenvalue weighted by atomic mass is 10.0. The van der Waals surface area contributed by atoms with Crippen molar-refractivity contribution in [3.05, 3.63) is 49.1 Å². The summed E-state index contributed by atoms with van der Waals surface area (Å²) < 4.78 is 0. The van der Waals surface area contributed by atoms with Gasteiger partial charge in [-0.15, -0.1) is 11.3 Å². The maximum atomic E-state index is 12.1. The second-order valence-electron chi connectivity index (χ2n) is 4.82. The number of H-pyrrole nitrogens is 1. The molecule has 23 heavy (non-hydrogen) atoms. The van der Waals surface area contributed by atoms with Crippen LogP contribution in [-0.2, 0) is 19.4 Å². The lowest BCUT2D eigenvalue weighted by Gasteiger charge is -2.11. The SMILES string of the molecule is CCc1n[nH]c(=O)c(CNC(=O)c2ccc(C(=O)O)s2)c1CC. The molecule has 122 valence electrons. The number of hydrogen-bond acceptors (Lipinski definition) is 5. The Hall–Kier alpha value is -2.48. The number of carbonyl (C=O) groups is 2. The van der Waals surface area contributed by atoms with Crippen molar-refractivity contribution in [3.8, 4) is 0 Å². The molecule has 0 aromatic carbocycles. The Morgan fingerprint density at radius 1 is 1.22 bits per heavy atom. The Morgan fingerprint density at radius 2 is 1.91 bits per heavy atom. The minimum Gasteiger partial charge on any atom is -0.477 e. The maximum absolute atomic E-state index is 12.1. The summed E-state index contributed by atoms with van der Waals surface area (Å²) in [6.07, 6.45) is 1.33. The Kier molecular flexibility index (Phi) is 5.28. The number of hydrogen-bond donors (Lipinski definition) is 3. The van der Waals surface area contributed by atoms with Crippen molar-refractivity contribution in [3.63, 3.8) is 0 Å². The van der Waals surface area contributed by atoms with Crippen molar-refractivity contribution in [1.29, 1.82) is 0 Å². The third-order valence-electron chi connectivity index (χ3n) is 3.43. The van der Waals surface area contributed by atoms with Crippen LogP contribution in [-0.4, -0.2) is 27.2 Å². The second-order valence-corrected chi connectivity index (χ2v) is 5.90. The second kappa shape index (κ2) is 7.19. The molecule has 1 amide bonds. The highest BCUT2D eigenvalue weighted by molar-refractivity contribution is 7.15. The van der Waals surface area contributed by atoms with E-state index in [2.05, 4.69) is 15.5 Å². The highest BCUT2D eigenvalue weighted by Gasteiger charge is 2.15. The van der Waals surface area contributed by atoms with Crippen LogP contribution in [0, 0.1) is 0 Å². The van der Waals surface area contributed by atoms with Crippen molar-refractivity contribution < 1.29 is 14.7 Å². The molecule has 0 bridgehead atoms. The number of carboxylic acid groups (broad SMARTS) is 1. The van der Waals surface area contributed by atoms with Crippen molar-refractivity contribution in [2.45, 2.75) is 33.2 Å². The molecule has 0 saturated carbocycles. The van der Waals surface area contributed by atoms with E-state index in [1.54, 1.807) is 0 Å². The zero-order chi connectivity index (χ0) is 17.0. The van der Waals surface area contributed by atoms with Crippen LogP contribution in [0.2, 0.25) is 0 Å². The van der Waals surface area contributed by atoms with Gasteiger partial charge in [-0.05, 0) is 30.5 Å². The average molecular weight is 335 g/mol. The number of nitrogens with one attached hydrogen (secondary N) is 2. The predicted octanol–water partition coefficient (Wildman–Crippen LogP) is 1.58. The summed E-state index contributed by atoms with van der Waals surface area (Å²) >= 11 is 0.896. The molecule has 2 aromatic rings. The lowest BCUT2D eigenvalue weighted by Crippen LogP contribution is -2.29. The van der Waals surface area contributed by atoms with Gasteiger partial charge in [0.25, 0.3) is 11.5 Å². The molecule has 3 N–H and O–H groups in total. The number of amides is 1. The molecule has 0 aliphatic rings. The third kappa shape index (κ3) is 3.65. The number of carbonyl (C=O) groups excluding carboxylic acids is 1. The third-order valence-corrected chi connectivity index (χ3v) is 4.51. The van der Waals surface area contributed by atoms with Gasteiger partial charge in [0.15, 0.2) is 0 Å². The van der Waals surface area contributed by atoms with Crippen LogP contribution in [0.1, 0.15) is 50.0 Å². The Labute approximate surface area is 136 Å². The first-order chi connectivity index (χ1) is 11.0. The summed E-state index contributed by atoms with van der Waals surface area (Å²) in [5.41, 5.74) is 1.81. The molecule has 7 nitrogen and oxygen atoms in total. The zero-order valence-corrected chi connectivity index (χ0v) is 13.6. The molecular formula is C15H17N3O4S. The van der Waals surface area contributed by atoms with Gasteiger partial charge in [-0.2, -0.15) is 5.10 Å². The molecule has 0 spiro atoms. The van der Waals surface area contributed by atoms with Gasteiger partial charge in [0, 0.05) is 12.1 Å². The summed E-state index contributed by atoms with van der Waals surface area (Å²) in [7, 11) is 0. The normalized spacial score (nSPS) is 10.5. The van der Waals surface area contributed by atoms with Gasteiger partial charge >= 0.3 is 5.97 Å². The summed E-state index contributed by atoms with van der Waals surface area (Å²) in [6, 6.07) is 2.84. The molecule has 2 heterocycles. The van der Waals surface area contributed by atoms with Gasteiger partial charge in [-0.25, -0.2) is 9.89 Å². The topological polar surface area (TPSA) is 112 Å². The van der Waals surface area contributed by atoms with Gasteiger partial charge in [0.05, 0.1) is 10.6 Å². The van der Waals surface area contributed by atoms with E-state index < -0.39 is 11.9 Å². The van der Waals surface area contributed by atoms with Crippen molar-refractivity contribution in [2.24, 2.45) is 0 Å². The fourth-order valence-electron chi connectivity index (χ4n) is 2.29. The molecule has 2 aromatic heterocycles. The van der Waals surface area contributed by atoms with E-state index in [1.807, 2.05) is 13.8 Å². The molecule has 0 saturated heterocycles. The molecule has 0 aliphatic heterocycles. The Bertz CT molecular complexity index is 794. The fourth-order valence-corrected chi connectivity index (χ4v) is 3.05. The average Bonchev–Trinajstić information content (AvgIpc) is 3.03. The molecule has 0 atom stereocenters. The first-order valence-corrected chi connectivity index (χ1v) is 8.00. The van der Waals surface area contributed by atoms with Crippen LogP contribution < -0.4 is 10.9 Å². The zero-order valence-electron chi connectivity index (χ0n) is 12.8. The minimum absolute atomic E-state index is 0.0766. The predicted molar refractivity (Wildman–Crippen MR) is 86.1 cm³/mol. The van der Waals surface area contributed by atoms with Crippen molar-refractivity contribution in [2.75, 3.05) is 0 Å². The minimum atomic E-state index is -1.07. The van der Waals surface area contributed by atoms with E-state index in [9.17, 15) is 14.4 Å². The Balaban J connectivity index is 2.18. The lowest BCUT2D eigenvalue weighted by molar-refractivity contribution is 0.0702. The van der Waals surface area contributed by atoms with Crippen LogP contribution >= 0.6 is 11.3 Å². The summed E-state index contributed by atoms with van der Waals surface area (Å²) in [5, 5.41) is 18.0. The van der Waals surface area contributed by atoms with E-state index in [0.717, 1.165) is 22.6 Å². The molecule has 0 aliphatic carbocycles. The summed E-state index contributed by atoms with van der Waals surface area (Å²) in [4.78, 5) is 35.3. The maximum Gasteiger partial charge on any atom is 0.345 e. The quantitative estimate of drug-likeness (QED) is 0.742. The van der Waals surface area contributed by atoms with E-state index in [1.165, 1.54) is 12.1 Å². The van der Waals surface area contributed by atoms with Crippen LogP contribution in [0.4, 0.5) is 0 Å². The number of carboxylic acids is 1. The largest absolute Gasteiger partial charge is 0.477 e. The summed E-state index contributed by atoms with van der Waals surface area (Å²) in [6.45, 7) is 3.95. The number of aryl methyl sites for hydroxylation is 1. The molecule has 8 heteroatoms. The van der Waals surface area contributed by atoms with E-state index >= 15 is 0 Å². The van der Waals surface area contributed by atoms with Gasteiger partial charge < -0.3 is 10.4 Å². The smallest absolute Gasteiger partial charge is 0.345 e. The van der Waals surface area contributed by atoms with Gasteiger partial charge in [0.2, 0.25) is 0 Å². The number of aromatic nitrogens is 2. The van der Waals surface area contributed by atoms with E-state index in [4.69, 9.17) is 5.11 Å². The van der Waals surface area contributed by atoms with E-state index in [-0.39, 0.29) is 17.0 Å². The number of nitrogens with zero attached hydrogens (tertiary/aromatic N) is 1. The van der Waals surface area contributed by atoms with Crippen molar-refractivity contribution in [1.82, 2.24) is 15.5 Å². The number of rotatable bonds is 6. The molecule has 0 unspecified atom stereocenters. The van der Waals surface area contributed by atoms with Crippen LogP contribution in [0.3, 0.4) is 0 Å². The van der Waals surface area contributed by atoms with Crippen molar-refractivity contribution >= 4 is 23.2 Å². The monoisotopic (exact) mass is 335 g/mol. The Morgan fingerprint density at radius 3 is 2.48 bits per heavy atom. The number of thiophene rings is 1. The van der Waals surface area contributed by atoms with Crippen LogP contribution in [0.15, 0.2) is 16.9 Å². The first kappa shape index (κ1) is 16.9. The first-order valence-electron chi connectivity index (χ1n) is 7.18. The van der Waals surface area contributed by atoms with Gasteiger partial charge in [-0.1, -0.05) is 13.8 Å². The number of aromatic carboxylic acids is 1. The van der Waals surface area contributed by atoms with Gasteiger partial charge in [-0.3, -0.25) is 9.59 Å². The number of aromatic amines is 1. The highest BCUT2D eigenvalue weighted by Crippen LogP contribution is 2.16. The highest BCUT2D eigenvalue weighted by atomic mass is 32.1. The molecule has 0 radical (unpaired) electrons. The fraction of sp³-hybridized carbons (Fsp3) is 0.333. The van der Waals surface area contributed by atoms with Crippen LogP contribution in [0.25, 0.3) is 0 Å². The van der Waals surface area contributed by atoms with Crippen LogP contribution in [0.5, 0.6) is 0 Å². The summed E-state index contributed by atoms with van der Waals surface area (Å²) in [5.74, 6) is -1.47. The standard InChI is InChI=1S/C15H17N3O4S/c1-3-8-9(13(19)18-17-10(8)4-2)7-16-14(20)11-5-6-12(23-11)15(21)22/h5-6H,3-4,7H2,1-2H3,(H,16,20)(H,18,19)(H,21,22). The van der Waals surface area contributed by atoms with Gasteiger partial charge in [0.1, 0.15) is 4.88 Å². The molecule has 0 fully saturated rings. The van der Waals surface area contributed by atoms with E-state index in [0.29, 0.717) is 23.3 Å². The molecular weight excluding hydrogens is 318 g/mol.